The lowest BCUT2D eigenvalue weighted by Crippen LogP contribution is -2.40. The van der Waals surface area contributed by atoms with Crippen LogP contribution in [-0.4, -0.2) is 38.9 Å². The summed E-state index contributed by atoms with van der Waals surface area (Å²) in [6, 6.07) is 10.0. The highest BCUT2D eigenvalue weighted by molar-refractivity contribution is 5.78. The smallest absolute Gasteiger partial charge is 0.226 e. The van der Waals surface area contributed by atoms with E-state index in [0.29, 0.717) is 18.9 Å². The summed E-state index contributed by atoms with van der Waals surface area (Å²) < 4.78 is 1.84. The topological polar surface area (TPSA) is 77.0 Å². The summed E-state index contributed by atoms with van der Waals surface area (Å²) in [5.41, 5.74) is 7.49. The number of carbonyl (C=O) groups excluding carboxylic acids is 1. The zero-order valence-electron chi connectivity index (χ0n) is 14.4. The summed E-state index contributed by atoms with van der Waals surface area (Å²) >= 11 is 0. The van der Waals surface area contributed by atoms with Gasteiger partial charge in [0.15, 0.2) is 0 Å². The van der Waals surface area contributed by atoms with Crippen LogP contribution in [-0.2, 0) is 17.9 Å². The molecule has 0 bridgehead atoms. The van der Waals surface area contributed by atoms with E-state index in [1.807, 2.05) is 58.3 Å². The van der Waals surface area contributed by atoms with Crippen LogP contribution >= 0.6 is 0 Å². The number of aromatic nitrogens is 3. The Bertz CT molecular complexity index is 710. The maximum atomic E-state index is 12.5. The monoisotopic (exact) mass is 339 g/mol. The predicted octanol–water partition coefficient (Wildman–Crippen LogP) is 2.08. The Balaban J connectivity index is 1.50. The summed E-state index contributed by atoms with van der Waals surface area (Å²) in [6.45, 7) is 2.83. The number of hydrogen-bond acceptors (Lipinski definition) is 4. The molecule has 132 valence electrons. The minimum absolute atomic E-state index is 0.193. The standard InChI is InChI=1S/C19H25N5O/c20-12-18-15-24(22-21-18)14-17-9-5-11-23(13-17)19(25)10-4-8-16-6-2-1-3-7-16/h1-4,6-8,15,17H,5,9-14,20H2/b8-4+/t17-/m1/s1. The first-order valence-corrected chi connectivity index (χ1v) is 8.83. The van der Waals surface area contributed by atoms with Gasteiger partial charge in [-0.05, 0) is 24.3 Å². The van der Waals surface area contributed by atoms with Crippen LogP contribution in [0.1, 0.15) is 30.5 Å². The number of rotatable bonds is 6. The number of hydrogen-bond donors (Lipinski definition) is 1. The third-order valence-corrected chi connectivity index (χ3v) is 4.51. The van der Waals surface area contributed by atoms with Gasteiger partial charge in [0.05, 0.1) is 5.69 Å². The molecule has 2 N–H and O–H groups in total. The molecule has 1 aliphatic heterocycles. The lowest BCUT2D eigenvalue weighted by Gasteiger charge is -2.32. The minimum atomic E-state index is 0.193. The van der Waals surface area contributed by atoms with E-state index in [9.17, 15) is 4.79 Å². The molecular weight excluding hydrogens is 314 g/mol. The average Bonchev–Trinajstić information content (AvgIpc) is 3.10. The molecule has 6 nitrogen and oxygen atoms in total. The summed E-state index contributed by atoms with van der Waals surface area (Å²) in [7, 11) is 0. The first-order valence-electron chi connectivity index (χ1n) is 8.83. The van der Waals surface area contributed by atoms with E-state index in [4.69, 9.17) is 5.73 Å². The Labute approximate surface area is 148 Å². The molecule has 1 aromatic carbocycles. The first-order chi connectivity index (χ1) is 12.2. The van der Waals surface area contributed by atoms with E-state index in [1.54, 1.807) is 0 Å². The zero-order chi connectivity index (χ0) is 17.5. The van der Waals surface area contributed by atoms with E-state index in [1.165, 1.54) is 0 Å². The molecular formula is C19H25N5O. The molecule has 0 radical (unpaired) electrons. The van der Waals surface area contributed by atoms with E-state index >= 15 is 0 Å². The third kappa shape index (κ3) is 5.00. The predicted molar refractivity (Wildman–Crippen MR) is 97.3 cm³/mol. The number of benzene rings is 1. The number of carbonyl (C=O) groups is 1. The number of nitrogens with zero attached hydrogens (tertiary/aromatic N) is 4. The van der Waals surface area contributed by atoms with Crippen LogP contribution in [0.3, 0.4) is 0 Å². The summed E-state index contributed by atoms with van der Waals surface area (Å²) in [4.78, 5) is 14.4. The van der Waals surface area contributed by atoms with Gasteiger partial charge in [0.2, 0.25) is 5.91 Å². The van der Waals surface area contributed by atoms with Crippen molar-refractivity contribution in [3.05, 3.63) is 53.9 Å². The third-order valence-electron chi connectivity index (χ3n) is 4.51. The molecule has 1 amide bonds. The van der Waals surface area contributed by atoms with Crippen molar-refractivity contribution in [2.75, 3.05) is 13.1 Å². The summed E-state index contributed by atoms with van der Waals surface area (Å²) in [5.74, 6) is 0.612. The van der Waals surface area contributed by atoms with Crippen molar-refractivity contribution >= 4 is 12.0 Å². The lowest BCUT2D eigenvalue weighted by atomic mass is 9.97. The summed E-state index contributed by atoms with van der Waals surface area (Å²) in [6.07, 6.45) is 8.44. The van der Waals surface area contributed by atoms with Gasteiger partial charge in [0.25, 0.3) is 0 Å². The maximum Gasteiger partial charge on any atom is 0.226 e. The molecule has 1 saturated heterocycles. The molecule has 1 atom stereocenters. The highest BCUT2D eigenvalue weighted by atomic mass is 16.2. The molecule has 0 saturated carbocycles. The maximum absolute atomic E-state index is 12.5. The van der Waals surface area contributed by atoms with E-state index in [-0.39, 0.29) is 5.91 Å². The quantitative estimate of drug-likeness (QED) is 0.874. The second kappa shape index (κ2) is 8.58. The van der Waals surface area contributed by atoms with E-state index in [0.717, 1.165) is 43.7 Å². The number of piperidine rings is 1. The second-order valence-electron chi connectivity index (χ2n) is 6.50. The van der Waals surface area contributed by atoms with Crippen molar-refractivity contribution in [1.29, 1.82) is 0 Å². The van der Waals surface area contributed by atoms with Crippen LogP contribution in [0.25, 0.3) is 6.08 Å². The molecule has 0 unspecified atom stereocenters. The molecule has 25 heavy (non-hydrogen) atoms. The van der Waals surface area contributed by atoms with Crippen LogP contribution in [0.5, 0.6) is 0 Å². The SMILES string of the molecule is NCc1cn(C[C@@H]2CCCN(C(=O)C/C=C/c3ccccc3)C2)nn1. The van der Waals surface area contributed by atoms with E-state index < -0.39 is 0 Å². The number of amides is 1. The van der Waals surface area contributed by atoms with Gasteiger partial charge in [-0.1, -0.05) is 47.7 Å². The first kappa shape index (κ1) is 17.4. The van der Waals surface area contributed by atoms with Crippen molar-refractivity contribution < 1.29 is 4.79 Å². The molecule has 0 spiro atoms. The molecule has 6 heteroatoms. The van der Waals surface area contributed by atoms with Crippen molar-refractivity contribution in [3.8, 4) is 0 Å². The van der Waals surface area contributed by atoms with Crippen LogP contribution in [0.15, 0.2) is 42.6 Å². The minimum Gasteiger partial charge on any atom is -0.342 e. The number of likely N-dealkylation sites (tertiary alicyclic amines) is 1. The van der Waals surface area contributed by atoms with Crippen LogP contribution in [0.4, 0.5) is 0 Å². The fourth-order valence-electron chi connectivity index (χ4n) is 3.22. The van der Waals surface area contributed by atoms with Gasteiger partial charge >= 0.3 is 0 Å². The molecule has 1 fully saturated rings. The van der Waals surface area contributed by atoms with Crippen molar-refractivity contribution in [2.24, 2.45) is 11.7 Å². The normalized spacial score (nSPS) is 18.0. The van der Waals surface area contributed by atoms with Gasteiger partial charge in [-0.25, -0.2) is 0 Å². The average molecular weight is 339 g/mol. The highest BCUT2D eigenvalue weighted by Crippen LogP contribution is 2.19. The van der Waals surface area contributed by atoms with Crippen LogP contribution in [0, 0.1) is 5.92 Å². The van der Waals surface area contributed by atoms with Gasteiger partial charge in [-0.2, -0.15) is 0 Å². The highest BCUT2D eigenvalue weighted by Gasteiger charge is 2.23. The molecule has 1 aromatic heterocycles. The van der Waals surface area contributed by atoms with Gasteiger partial charge in [-0.3, -0.25) is 9.48 Å². The Kier molecular flexibility index (Phi) is 5.95. The summed E-state index contributed by atoms with van der Waals surface area (Å²) in [5, 5.41) is 8.13. The second-order valence-corrected chi connectivity index (χ2v) is 6.50. The molecule has 1 aliphatic rings. The van der Waals surface area contributed by atoms with Gasteiger partial charge in [0.1, 0.15) is 0 Å². The molecule has 0 aliphatic carbocycles. The Hall–Kier alpha value is -2.47. The van der Waals surface area contributed by atoms with Gasteiger partial charge < -0.3 is 10.6 Å². The van der Waals surface area contributed by atoms with Gasteiger partial charge in [0, 0.05) is 38.8 Å². The Morgan fingerprint density at radius 2 is 2.16 bits per heavy atom. The van der Waals surface area contributed by atoms with Crippen molar-refractivity contribution in [3.63, 3.8) is 0 Å². The van der Waals surface area contributed by atoms with Gasteiger partial charge in [-0.15, -0.1) is 5.10 Å². The van der Waals surface area contributed by atoms with Crippen molar-refractivity contribution in [1.82, 2.24) is 19.9 Å². The largest absolute Gasteiger partial charge is 0.342 e. The fourth-order valence-corrected chi connectivity index (χ4v) is 3.22. The Morgan fingerprint density at radius 1 is 1.32 bits per heavy atom. The van der Waals surface area contributed by atoms with E-state index in [2.05, 4.69) is 10.3 Å². The van der Waals surface area contributed by atoms with Crippen molar-refractivity contribution in [2.45, 2.75) is 32.4 Å². The van der Waals surface area contributed by atoms with Crippen LogP contribution in [0.2, 0.25) is 0 Å². The molecule has 3 rings (SSSR count). The fraction of sp³-hybridized carbons (Fsp3) is 0.421. The number of nitrogens with two attached hydrogens (primary N) is 1. The van der Waals surface area contributed by atoms with Crippen LogP contribution < -0.4 is 5.73 Å². The molecule has 2 aromatic rings. The lowest BCUT2D eigenvalue weighted by molar-refractivity contribution is -0.132. The zero-order valence-corrected chi connectivity index (χ0v) is 14.4. The molecule has 2 heterocycles. The Morgan fingerprint density at radius 3 is 2.92 bits per heavy atom.